The summed E-state index contributed by atoms with van der Waals surface area (Å²) < 4.78 is 2.30. The minimum absolute atomic E-state index is 0.828. The van der Waals surface area contributed by atoms with Crippen LogP contribution in [0.15, 0.2) is 79.4 Å². The van der Waals surface area contributed by atoms with Crippen LogP contribution in [-0.4, -0.2) is 17.6 Å². The number of benzene rings is 2. The first-order chi connectivity index (χ1) is 11.4. The SMILES string of the molecule is c1ccc([Si](Cn2ccnc2)(c2ccccc2)C2CCC2)cc1. The van der Waals surface area contributed by atoms with E-state index in [1.807, 2.05) is 12.5 Å². The Morgan fingerprint density at radius 2 is 1.52 bits per heavy atom. The first-order valence-corrected chi connectivity index (χ1v) is 10.7. The van der Waals surface area contributed by atoms with E-state index in [1.54, 1.807) is 10.4 Å². The fraction of sp³-hybridized carbons (Fsp3) is 0.250. The maximum absolute atomic E-state index is 4.28. The van der Waals surface area contributed by atoms with Gasteiger partial charge in [0.2, 0.25) is 0 Å². The maximum Gasteiger partial charge on any atom is 0.140 e. The van der Waals surface area contributed by atoms with Crippen LogP contribution in [0.1, 0.15) is 19.3 Å². The molecule has 0 atom stereocenters. The van der Waals surface area contributed by atoms with Gasteiger partial charge in [0.15, 0.2) is 0 Å². The molecule has 3 aromatic rings. The van der Waals surface area contributed by atoms with Crippen molar-refractivity contribution in [1.82, 2.24) is 9.55 Å². The summed E-state index contributed by atoms with van der Waals surface area (Å²) in [4.78, 5) is 4.28. The van der Waals surface area contributed by atoms with Gasteiger partial charge in [-0.05, 0) is 5.54 Å². The molecule has 1 aliphatic carbocycles. The molecule has 0 N–H and O–H groups in total. The van der Waals surface area contributed by atoms with E-state index in [2.05, 4.69) is 76.4 Å². The molecule has 0 bridgehead atoms. The van der Waals surface area contributed by atoms with Crippen molar-refractivity contribution in [1.29, 1.82) is 0 Å². The van der Waals surface area contributed by atoms with Crippen molar-refractivity contribution in [2.24, 2.45) is 0 Å². The predicted molar refractivity (Wildman–Crippen MR) is 97.7 cm³/mol. The summed E-state index contributed by atoms with van der Waals surface area (Å²) in [5, 5.41) is 3.12. The highest BCUT2D eigenvalue weighted by Gasteiger charge is 2.47. The van der Waals surface area contributed by atoms with Crippen molar-refractivity contribution >= 4 is 18.4 Å². The van der Waals surface area contributed by atoms with Gasteiger partial charge < -0.3 is 4.57 Å². The van der Waals surface area contributed by atoms with Gasteiger partial charge in [0, 0.05) is 18.6 Å². The zero-order valence-electron chi connectivity index (χ0n) is 13.3. The number of nitrogens with zero attached hydrogens (tertiary/aromatic N) is 2. The van der Waals surface area contributed by atoms with Gasteiger partial charge in [0.25, 0.3) is 0 Å². The third-order valence-corrected chi connectivity index (χ3v) is 10.9. The molecular weight excluding hydrogens is 296 g/mol. The second-order valence-corrected chi connectivity index (χ2v) is 10.8. The Balaban J connectivity index is 1.89. The van der Waals surface area contributed by atoms with Gasteiger partial charge in [-0.1, -0.05) is 90.3 Å². The van der Waals surface area contributed by atoms with Crippen LogP contribution in [0.4, 0.5) is 0 Å². The Kier molecular flexibility index (Phi) is 3.88. The van der Waals surface area contributed by atoms with E-state index in [0.29, 0.717) is 0 Å². The molecule has 23 heavy (non-hydrogen) atoms. The molecule has 1 aromatic heterocycles. The molecule has 116 valence electrons. The highest BCUT2D eigenvalue weighted by molar-refractivity contribution is 7.02. The molecule has 2 nitrogen and oxygen atoms in total. The monoisotopic (exact) mass is 318 g/mol. The van der Waals surface area contributed by atoms with E-state index in [9.17, 15) is 0 Å². The lowest BCUT2D eigenvalue weighted by molar-refractivity contribution is 0.485. The maximum atomic E-state index is 4.28. The van der Waals surface area contributed by atoms with E-state index in [-0.39, 0.29) is 0 Å². The Morgan fingerprint density at radius 3 is 1.96 bits per heavy atom. The topological polar surface area (TPSA) is 17.8 Å². The number of hydrogen-bond acceptors (Lipinski definition) is 1. The highest BCUT2D eigenvalue weighted by atomic mass is 28.3. The smallest absolute Gasteiger partial charge is 0.140 e. The molecule has 0 spiro atoms. The van der Waals surface area contributed by atoms with E-state index >= 15 is 0 Å². The fourth-order valence-corrected chi connectivity index (χ4v) is 9.62. The van der Waals surface area contributed by atoms with Crippen molar-refractivity contribution in [3.63, 3.8) is 0 Å². The van der Waals surface area contributed by atoms with Gasteiger partial charge in [-0.25, -0.2) is 4.98 Å². The second kappa shape index (κ2) is 6.17. The average Bonchev–Trinajstić information content (AvgIpc) is 3.07. The fourth-order valence-electron chi connectivity index (χ4n) is 3.99. The van der Waals surface area contributed by atoms with Gasteiger partial charge >= 0.3 is 0 Å². The number of rotatable bonds is 5. The Labute approximate surface area is 138 Å². The first kappa shape index (κ1) is 14.5. The van der Waals surface area contributed by atoms with Crippen LogP contribution in [0.25, 0.3) is 0 Å². The molecule has 0 amide bonds. The van der Waals surface area contributed by atoms with Gasteiger partial charge in [-0.2, -0.15) is 0 Å². The molecule has 1 aliphatic rings. The van der Waals surface area contributed by atoms with E-state index in [1.165, 1.54) is 19.3 Å². The standard InChI is InChI=1S/C20H22N2Si/c1-3-8-18(9-4-1)23(20-12-7-13-20,17-22-15-14-21-16-22)19-10-5-2-6-11-19/h1-6,8-11,14-16,20H,7,12-13,17H2. The first-order valence-electron chi connectivity index (χ1n) is 8.46. The summed E-state index contributed by atoms with van der Waals surface area (Å²) in [5.74, 6) is 0. The molecule has 4 rings (SSSR count). The van der Waals surface area contributed by atoms with Crippen molar-refractivity contribution in [2.75, 3.05) is 0 Å². The molecule has 2 aromatic carbocycles. The zero-order valence-corrected chi connectivity index (χ0v) is 14.3. The summed E-state index contributed by atoms with van der Waals surface area (Å²) in [6.07, 6.45) is 11.2. The number of aromatic nitrogens is 2. The largest absolute Gasteiger partial charge is 0.340 e. The predicted octanol–water partition coefficient (Wildman–Crippen LogP) is 3.24. The van der Waals surface area contributed by atoms with Crippen LogP contribution in [0.3, 0.4) is 0 Å². The molecule has 1 heterocycles. The summed E-state index contributed by atoms with van der Waals surface area (Å²) in [6.45, 7) is 0. The third kappa shape index (κ3) is 2.55. The zero-order chi connectivity index (χ0) is 15.5. The van der Waals surface area contributed by atoms with E-state index in [4.69, 9.17) is 0 Å². The van der Waals surface area contributed by atoms with E-state index in [0.717, 1.165) is 11.7 Å². The van der Waals surface area contributed by atoms with Crippen LogP contribution in [0.2, 0.25) is 5.54 Å². The van der Waals surface area contributed by atoms with Gasteiger partial charge in [0.1, 0.15) is 8.07 Å². The van der Waals surface area contributed by atoms with Crippen LogP contribution in [0.5, 0.6) is 0 Å². The lowest BCUT2D eigenvalue weighted by Crippen LogP contribution is -2.65. The molecule has 1 saturated carbocycles. The van der Waals surface area contributed by atoms with Crippen molar-refractivity contribution in [3.8, 4) is 0 Å². The molecule has 1 fully saturated rings. The lowest BCUT2D eigenvalue weighted by Gasteiger charge is -2.45. The summed E-state index contributed by atoms with van der Waals surface area (Å²) in [6, 6.07) is 22.5. The average molecular weight is 318 g/mol. The quantitative estimate of drug-likeness (QED) is 0.660. The Morgan fingerprint density at radius 1 is 0.913 bits per heavy atom. The van der Waals surface area contributed by atoms with Crippen LogP contribution >= 0.6 is 0 Å². The lowest BCUT2D eigenvalue weighted by atomic mass is 10.00. The van der Waals surface area contributed by atoms with E-state index < -0.39 is 8.07 Å². The molecule has 0 radical (unpaired) electrons. The minimum atomic E-state index is -1.85. The molecule has 3 heteroatoms. The number of hydrogen-bond donors (Lipinski definition) is 0. The molecule has 0 aliphatic heterocycles. The second-order valence-electron chi connectivity index (χ2n) is 6.57. The van der Waals surface area contributed by atoms with Gasteiger partial charge in [-0.3, -0.25) is 0 Å². The van der Waals surface area contributed by atoms with Crippen molar-refractivity contribution in [3.05, 3.63) is 79.4 Å². The van der Waals surface area contributed by atoms with Crippen molar-refractivity contribution < 1.29 is 0 Å². The van der Waals surface area contributed by atoms with Gasteiger partial charge in [0.05, 0.1) is 6.33 Å². The van der Waals surface area contributed by atoms with Crippen LogP contribution < -0.4 is 10.4 Å². The summed E-state index contributed by atoms with van der Waals surface area (Å²) in [5.41, 5.74) is 0.828. The Hall–Kier alpha value is -2.13. The Bertz CT molecular complexity index is 694. The van der Waals surface area contributed by atoms with Gasteiger partial charge in [-0.15, -0.1) is 0 Å². The van der Waals surface area contributed by atoms with Crippen molar-refractivity contribution in [2.45, 2.75) is 31.0 Å². The highest BCUT2D eigenvalue weighted by Crippen LogP contribution is 2.41. The summed E-state index contributed by atoms with van der Waals surface area (Å²) >= 11 is 0. The van der Waals surface area contributed by atoms with Crippen LogP contribution in [0, 0.1) is 0 Å². The minimum Gasteiger partial charge on any atom is -0.340 e. The molecule has 0 unspecified atom stereocenters. The number of imidazole rings is 1. The normalized spacial score (nSPS) is 15.3. The third-order valence-electron chi connectivity index (χ3n) is 5.37. The summed E-state index contributed by atoms with van der Waals surface area (Å²) in [7, 11) is -1.85. The van der Waals surface area contributed by atoms with Crippen LogP contribution in [-0.2, 0) is 6.17 Å². The molecule has 0 saturated heterocycles. The molecular formula is C20H22N2Si.